The normalized spacial score (nSPS) is 19.6. The summed E-state index contributed by atoms with van der Waals surface area (Å²) in [7, 11) is 0. The van der Waals surface area contributed by atoms with Crippen molar-refractivity contribution in [2.45, 2.75) is 77.3 Å². The maximum Gasteiger partial charge on any atom is 0.248 e. The molecule has 1 aromatic heterocycles. The smallest absolute Gasteiger partial charge is 0.248 e. The van der Waals surface area contributed by atoms with Gasteiger partial charge < -0.3 is 10.3 Å². The van der Waals surface area contributed by atoms with Gasteiger partial charge in [0.15, 0.2) is 0 Å². The van der Waals surface area contributed by atoms with E-state index in [0.717, 1.165) is 18.5 Å². The first-order valence-corrected chi connectivity index (χ1v) is 8.19. The number of unbranched alkanes of at least 4 members (excludes halogenated alkanes) is 3. The van der Waals surface area contributed by atoms with Crippen molar-refractivity contribution in [3.8, 4) is 0 Å². The quantitative estimate of drug-likeness (QED) is 0.746. The Bertz CT molecular complexity index is 466. The number of H-pyrrole nitrogens is 1. The summed E-state index contributed by atoms with van der Waals surface area (Å²) < 4.78 is 0. The molecule has 0 fully saturated rings. The van der Waals surface area contributed by atoms with Gasteiger partial charge in [-0.3, -0.25) is 4.79 Å². The van der Waals surface area contributed by atoms with Gasteiger partial charge in [-0.15, -0.1) is 0 Å². The SMILES string of the molecule is CCCCCCC(C)NC1CCCc2[nH]c(=O)ccc21. The van der Waals surface area contributed by atoms with Crippen molar-refractivity contribution in [2.75, 3.05) is 0 Å². The van der Waals surface area contributed by atoms with E-state index in [1.165, 1.54) is 44.1 Å². The molecule has 3 heteroatoms. The molecule has 0 spiro atoms. The third-order valence-electron chi connectivity index (χ3n) is 4.31. The van der Waals surface area contributed by atoms with Gasteiger partial charge in [-0.05, 0) is 38.2 Å². The van der Waals surface area contributed by atoms with Crippen LogP contribution in [0.2, 0.25) is 0 Å². The molecule has 1 aliphatic carbocycles. The van der Waals surface area contributed by atoms with Crippen LogP contribution >= 0.6 is 0 Å². The highest BCUT2D eigenvalue weighted by Crippen LogP contribution is 2.28. The summed E-state index contributed by atoms with van der Waals surface area (Å²) in [6, 6.07) is 4.63. The molecule has 2 unspecified atom stereocenters. The molecule has 1 aromatic rings. The molecule has 0 amide bonds. The van der Waals surface area contributed by atoms with Gasteiger partial charge in [0.25, 0.3) is 0 Å². The first-order valence-electron chi connectivity index (χ1n) is 8.19. The monoisotopic (exact) mass is 276 g/mol. The first kappa shape index (κ1) is 15.3. The Morgan fingerprint density at radius 3 is 3.00 bits per heavy atom. The predicted octanol–water partition coefficient (Wildman–Crippen LogP) is 3.70. The van der Waals surface area contributed by atoms with E-state index >= 15 is 0 Å². The fraction of sp³-hybridized carbons (Fsp3) is 0.706. The van der Waals surface area contributed by atoms with E-state index in [9.17, 15) is 4.79 Å². The highest BCUT2D eigenvalue weighted by Gasteiger charge is 2.21. The van der Waals surface area contributed by atoms with E-state index in [2.05, 4.69) is 24.1 Å². The van der Waals surface area contributed by atoms with Crippen LogP contribution in [0.5, 0.6) is 0 Å². The lowest BCUT2D eigenvalue weighted by Crippen LogP contribution is -2.33. The molecule has 0 bridgehead atoms. The number of aryl methyl sites for hydroxylation is 1. The summed E-state index contributed by atoms with van der Waals surface area (Å²) in [5.41, 5.74) is 2.47. The van der Waals surface area contributed by atoms with Crippen LogP contribution < -0.4 is 10.9 Å². The predicted molar refractivity (Wildman–Crippen MR) is 84.1 cm³/mol. The van der Waals surface area contributed by atoms with Crippen LogP contribution in [0.15, 0.2) is 16.9 Å². The number of fused-ring (bicyclic) bond motifs is 1. The maximum absolute atomic E-state index is 11.4. The molecule has 112 valence electrons. The lowest BCUT2D eigenvalue weighted by atomic mass is 9.90. The van der Waals surface area contributed by atoms with E-state index in [4.69, 9.17) is 0 Å². The molecule has 0 radical (unpaired) electrons. The van der Waals surface area contributed by atoms with Crippen LogP contribution in [0.3, 0.4) is 0 Å². The minimum Gasteiger partial charge on any atom is -0.326 e. The van der Waals surface area contributed by atoms with Crippen molar-refractivity contribution >= 4 is 0 Å². The Balaban J connectivity index is 1.89. The summed E-state index contributed by atoms with van der Waals surface area (Å²) >= 11 is 0. The molecule has 2 rings (SSSR count). The molecule has 1 aliphatic rings. The van der Waals surface area contributed by atoms with Gasteiger partial charge in [0, 0.05) is 23.8 Å². The number of nitrogens with one attached hydrogen (secondary N) is 2. The number of pyridine rings is 1. The van der Waals surface area contributed by atoms with Gasteiger partial charge in [0.05, 0.1) is 0 Å². The second-order valence-corrected chi connectivity index (χ2v) is 6.12. The summed E-state index contributed by atoms with van der Waals surface area (Å²) in [5, 5.41) is 3.75. The average Bonchev–Trinajstić information content (AvgIpc) is 2.43. The van der Waals surface area contributed by atoms with Crippen molar-refractivity contribution in [2.24, 2.45) is 0 Å². The van der Waals surface area contributed by atoms with E-state index in [1.54, 1.807) is 6.07 Å². The molecular weight excluding hydrogens is 248 g/mol. The second-order valence-electron chi connectivity index (χ2n) is 6.12. The Kier molecular flexibility index (Phi) is 5.84. The first-order chi connectivity index (χ1) is 9.70. The number of hydrogen-bond donors (Lipinski definition) is 2. The van der Waals surface area contributed by atoms with E-state index in [-0.39, 0.29) is 5.56 Å². The standard InChI is InChI=1S/C17H28N2O/c1-3-4-5-6-8-13(2)18-15-9-7-10-16-14(15)11-12-17(20)19-16/h11-13,15,18H,3-10H2,1-2H3,(H,19,20). The minimum atomic E-state index is 0.0250. The Hall–Kier alpha value is -1.09. The van der Waals surface area contributed by atoms with Crippen molar-refractivity contribution in [1.29, 1.82) is 0 Å². The van der Waals surface area contributed by atoms with Gasteiger partial charge in [0.2, 0.25) is 5.56 Å². The molecular formula is C17H28N2O. The van der Waals surface area contributed by atoms with Crippen LogP contribution in [0.25, 0.3) is 0 Å². The topological polar surface area (TPSA) is 44.9 Å². The largest absolute Gasteiger partial charge is 0.326 e. The summed E-state index contributed by atoms with van der Waals surface area (Å²) in [4.78, 5) is 14.4. The molecule has 1 heterocycles. The fourth-order valence-corrected chi connectivity index (χ4v) is 3.18. The van der Waals surface area contributed by atoms with Crippen molar-refractivity contribution < 1.29 is 0 Å². The average molecular weight is 276 g/mol. The third kappa shape index (κ3) is 4.20. The van der Waals surface area contributed by atoms with E-state index in [1.807, 2.05) is 6.07 Å². The van der Waals surface area contributed by atoms with Gasteiger partial charge >= 0.3 is 0 Å². The lowest BCUT2D eigenvalue weighted by molar-refractivity contribution is 0.383. The van der Waals surface area contributed by atoms with Crippen LogP contribution in [0.1, 0.15) is 76.1 Å². The van der Waals surface area contributed by atoms with Crippen LogP contribution in [0, 0.1) is 0 Å². The molecule has 0 saturated carbocycles. The summed E-state index contributed by atoms with van der Waals surface area (Å²) in [6.45, 7) is 4.54. The molecule has 3 nitrogen and oxygen atoms in total. The molecule has 2 N–H and O–H groups in total. The Morgan fingerprint density at radius 1 is 1.35 bits per heavy atom. The van der Waals surface area contributed by atoms with Crippen molar-refractivity contribution in [1.82, 2.24) is 10.3 Å². The Morgan fingerprint density at radius 2 is 2.20 bits per heavy atom. The van der Waals surface area contributed by atoms with Gasteiger partial charge in [0.1, 0.15) is 0 Å². The zero-order chi connectivity index (χ0) is 14.4. The number of aromatic nitrogens is 1. The molecule has 0 aromatic carbocycles. The number of hydrogen-bond acceptors (Lipinski definition) is 2. The van der Waals surface area contributed by atoms with Gasteiger partial charge in [-0.1, -0.05) is 38.7 Å². The molecule has 2 atom stereocenters. The zero-order valence-electron chi connectivity index (χ0n) is 12.9. The lowest BCUT2D eigenvalue weighted by Gasteiger charge is -2.29. The summed E-state index contributed by atoms with van der Waals surface area (Å²) in [6.07, 6.45) is 9.89. The van der Waals surface area contributed by atoms with Crippen molar-refractivity contribution in [3.63, 3.8) is 0 Å². The molecule has 20 heavy (non-hydrogen) atoms. The Labute approximate surface area is 122 Å². The summed E-state index contributed by atoms with van der Waals surface area (Å²) in [5.74, 6) is 0. The highest BCUT2D eigenvalue weighted by molar-refractivity contribution is 5.26. The fourth-order valence-electron chi connectivity index (χ4n) is 3.18. The van der Waals surface area contributed by atoms with E-state index in [0.29, 0.717) is 12.1 Å². The van der Waals surface area contributed by atoms with Crippen LogP contribution in [-0.2, 0) is 6.42 Å². The molecule has 0 saturated heterocycles. The van der Waals surface area contributed by atoms with Crippen LogP contribution in [0.4, 0.5) is 0 Å². The second kappa shape index (κ2) is 7.63. The van der Waals surface area contributed by atoms with Crippen LogP contribution in [-0.4, -0.2) is 11.0 Å². The van der Waals surface area contributed by atoms with Gasteiger partial charge in [-0.25, -0.2) is 0 Å². The maximum atomic E-state index is 11.4. The van der Waals surface area contributed by atoms with Crippen molar-refractivity contribution in [3.05, 3.63) is 33.7 Å². The highest BCUT2D eigenvalue weighted by atomic mass is 16.1. The minimum absolute atomic E-state index is 0.0250. The molecule has 0 aliphatic heterocycles. The van der Waals surface area contributed by atoms with Gasteiger partial charge in [-0.2, -0.15) is 0 Å². The third-order valence-corrected chi connectivity index (χ3v) is 4.31. The van der Waals surface area contributed by atoms with E-state index < -0.39 is 0 Å². The number of rotatable bonds is 7. The number of aromatic amines is 1. The zero-order valence-corrected chi connectivity index (χ0v) is 12.9.